The van der Waals surface area contributed by atoms with Gasteiger partial charge in [-0.3, -0.25) is 0 Å². The molecule has 0 saturated carbocycles. The van der Waals surface area contributed by atoms with Crippen LogP contribution in [0.5, 0.6) is 11.5 Å². The molecule has 0 heterocycles. The number of alkyl halides is 2. The number of halogens is 2. The van der Waals surface area contributed by atoms with Crippen LogP contribution < -0.4 is 14.8 Å². The third-order valence-electron chi connectivity index (χ3n) is 2.74. The third-order valence-corrected chi connectivity index (χ3v) is 2.74. The Bertz CT molecular complexity index is 401. The molecule has 2 unspecified atom stereocenters. The molecule has 19 heavy (non-hydrogen) atoms. The molecule has 0 aliphatic rings. The smallest absolute Gasteiger partial charge is 0.387 e. The molecule has 2 N–H and O–H groups in total. The third kappa shape index (κ3) is 4.33. The fourth-order valence-electron chi connectivity index (χ4n) is 1.79. The van der Waals surface area contributed by atoms with Crippen molar-refractivity contribution in [3.63, 3.8) is 0 Å². The number of hydrogen-bond donors (Lipinski definition) is 2. The summed E-state index contributed by atoms with van der Waals surface area (Å²) in [6.07, 6.45) is -0.814. The van der Waals surface area contributed by atoms with Crippen molar-refractivity contribution in [2.45, 2.75) is 32.6 Å². The van der Waals surface area contributed by atoms with Gasteiger partial charge in [-0.1, -0.05) is 13.0 Å². The number of methoxy groups -OCH3 is 1. The van der Waals surface area contributed by atoms with Crippen LogP contribution in [0.4, 0.5) is 8.78 Å². The van der Waals surface area contributed by atoms with Gasteiger partial charge in [-0.25, -0.2) is 0 Å². The van der Waals surface area contributed by atoms with Crippen molar-refractivity contribution in [3.8, 4) is 11.5 Å². The molecular formula is C13H19F2NO3. The van der Waals surface area contributed by atoms with E-state index in [-0.39, 0.29) is 17.5 Å². The molecule has 0 amide bonds. The Balaban J connectivity index is 2.96. The zero-order valence-corrected chi connectivity index (χ0v) is 11.2. The summed E-state index contributed by atoms with van der Waals surface area (Å²) in [5.74, 6) is 0.116. The van der Waals surface area contributed by atoms with Gasteiger partial charge in [0.1, 0.15) is 0 Å². The maximum atomic E-state index is 12.3. The second-order valence-corrected chi connectivity index (χ2v) is 4.08. The summed E-state index contributed by atoms with van der Waals surface area (Å²) in [6.45, 7) is 1.50. The highest BCUT2D eigenvalue weighted by Gasteiger charge is 2.18. The summed E-state index contributed by atoms with van der Waals surface area (Å²) in [5, 5.41) is 13.2. The standard InChI is InChI=1S/C13H19F2NO3/c1-4-16-8(2)12(17)9-5-6-10(18-3)11(7-9)19-13(14)15/h5-8,12-13,16-17H,4H2,1-3H3. The van der Waals surface area contributed by atoms with Gasteiger partial charge in [-0.2, -0.15) is 8.78 Å². The first kappa shape index (κ1) is 15.7. The van der Waals surface area contributed by atoms with E-state index in [1.807, 2.05) is 13.8 Å². The molecule has 1 rings (SSSR count). The predicted molar refractivity (Wildman–Crippen MR) is 67.7 cm³/mol. The molecule has 0 saturated heterocycles. The van der Waals surface area contributed by atoms with E-state index in [0.29, 0.717) is 12.1 Å². The van der Waals surface area contributed by atoms with Gasteiger partial charge < -0.3 is 19.9 Å². The highest BCUT2D eigenvalue weighted by Crippen LogP contribution is 2.32. The minimum atomic E-state index is -2.94. The van der Waals surface area contributed by atoms with Gasteiger partial charge in [0.2, 0.25) is 0 Å². The number of aliphatic hydroxyl groups is 1. The number of aliphatic hydroxyl groups excluding tert-OH is 1. The Morgan fingerprint density at radius 1 is 1.32 bits per heavy atom. The van der Waals surface area contributed by atoms with Crippen molar-refractivity contribution in [3.05, 3.63) is 23.8 Å². The molecule has 0 bridgehead atoms. The first-order valence-electron chi connectivity index (χ1n) is 6.03. The van der Waals surface area contributed by atoms with Crippen LogP contribution in [0.3, 0.4) is 0 Å². The van der Waals surface area contributed by atoms with Gasteiger partial charge in [0.25, 0.3) is 0 Å². The minimum absolute atomic E-state index is 0.0854. The summed E-state index contributed by atoms with van der Waals surface area (Å²) < 4.78 is 33.9. The maximum absolute atomic E-state index is 12.3. The second kappa shape index (κ2) is 7.25. The molecule has 0 aliphatic carbocycles. The lowest BCUT2D eigenvalue weighted by Gasteiger charge is -2.21. The fourth-order valence-corrected chi connectivity index (χ4v) is 1.79. The van der Waals surface area contributed by atoms with E-state index in [9.17, 15) is 13.9 Å². The SMILES string of the molecule is CCNC(C)C(O)c1ccc(OC)c(OC(F)F)c1. The molecule has 1 aromatic rings. The van der Waals surface area contributed by atoms with Gasteiger partial charge in [0, 0.05) is 6.04 Å². The lowest BCUT2D eigenvalue weighted by atomic mass is 10.0. The van der Waals surface area contributed by atoms with Crippen LogP contribution in [0.25, 0.3) is 0 Å². The van der Waals surface area contributed by atoms with E-state index in [0.717, 1.165) is 0 Å². The van der Waals surface area contributed by atoms with E-state index < -0.39 is 12.7 Å². The quantitative estimate of drug-likeness (QED) is 0.802. The monoisotopic (exact) mass is 275 g/mol. The summed E-state index contributed by atoms with van der Waals surface area (Å²) in [6, 6.07) is 4.28. The zero-order valence-electron chi connectivity index (χ0n) is 11.2. The van der Waals surface area contributed by atoms with Crippen LogP contribution in [0, 0.1) is 0 Å². The Hall–Kier alpha value is -1.40. The number of nitrogens with one attached hydrogen (secondary N) is 1. The van der Waals surface area contributed by atoms with Gasteiger partial charge in [0.05, 0.1) is 13.2 Å². The van der Waals surface area contributed by atoms with Crippen molar-refractivity contribution < 1.29 is 23.4 Å². The normalized spacial score (nSPS) is 14.3. The van der Waals surface area contributed by atoms with Crippen molar-refractivity contribution in [2.24, 2.45) is 0 Å². The number of rotatable bonds is 7. The lowest BCUT2D eigenvalue weighted by molar-refractivity contribution is -0.0513. The first-order valence-corrected chi connectivity index (χ1v) is 6.03. The molecule has 0 fully saturated rings. The Labute approximate surface area is 111 Å². The van der Waals surface area contributed by atoms with E-state index in [4.69, 9.17) is 4.74 Å². The molecule has 4 nitrogen and oxygen atoms in total. The van der Waals surface area contributed by atoms with Crippen LogP contribution in [-0.4, -0.2) is 31.4 Å². The topological polar surface area (TPSA) is 50.7 Å². The molecule has 0 radical (unpaired) electrons. The van der Waals surface area contributed by atoms with Gasteiger partial charge in [-0.15, -0.1) is 0 Å². The van der Waals surface area contributed by atoms with E-state index >= 15 is 0 Å². The molecule has 2 atom stereocenters. The van der Waals surface area contributed by atoms with Crippen LogP contribution in [0.15, 0.2) is 18.2 Å². The summed E-state index contributed by atoms with van der Waals surface area (Å²) >= 11 is 0. The zero-order chi connectivity index (χ0) is 14.4. The highest BCUT2D eigenvalue weighted by molar-refractivity contribution is 5.43. The van der Waals surface area contributed by atoms with Crippen LogP contribution in [0.2, 0.25) is 0 Å². The largest absolute Gasteiger partial charge is 0.493 e. The van der Waals surface area contributed by atoms with E-state index in [2.05, 4.69) is 10.1 Å². The van der Waals surface area contributed by atoms with Crippen molar-refractivity contribution in [2.75, 3.05) is 13.7 Å². The molecule has 0 aliphatic heterocycles. The number of hydrogen-bond acceptors (Lipinski definition) is 4. The van der Waals surface area contributed by atoms with Gasteiger partial charge in [0.15, 0.2) is 11.5 Å². The Kier molecular flexibility index (Phi) is 5.98. The maximum Gasteiger partial charge on any atom is 0.387 e. The van der Waals surface area contributed by atoms with Crippen molar-refractivity contribution >= 4 is 0 Å². The predicted octanol–water partition coefficient (Wildman–Crippen LogP) is 2.33. The number of likely N-dealkylation sites (N-methyl/N-ethyl adjacent to an activating group) is 1. The van der Waals surface area contributed by atoms with E-state index in [1.54, 1.807) is 6.07 Å². The Morgan fingerprint density at radius 2 is 2.00 bits per heavy atom. The molecular weight excluding hydrogens is 256 g/mol. The minimum Gasteiger partial charge on any atom is -0.493 e. The van der Waals surface area contributed by atoms with Crippen molar-refractivity contribution in [1.29, 1.82) is 0 Å². The van der Waals surface area contributed by atoms with Gasteiger partial charge in [-0.05, 0) is 31.2 Å². The van der Waals surface area contributed by atoms with E-state index in [1.165, 1.54) is 19.2 Å². The molecule has 0 spiro atoms. The van der Waals surface area contributed by atoms with Crippen LogP contribution in [0.1, 0.15) is 25.5 Å². The first-order chi connectivity index (χ1) is 8.99. The molecule has 6 heteroatoms. The average molecular weight is 275 g/mol. The number of benzene rings is 1. The van der Waals surface area contributed by atoms with Crippen molar-refractivity contribution in [1.82, 2.24) is 5.32 Å². The Morgan fingerprint density at radius 3 is 2.53 bits per heavy atom. The molecule has 1 aromatic carbocycles. The molecule has 108 valence electrons. The second-order valence-electron chi connectivity index (χ2n) is 4.08. The van der Waals surface area contributed by atoms with Gasteiger partial charge >= 0.3 is 6.61 Å². The highest BCUT2D eigenvalue weighted by atomic mass is 19.3. The fraction of sp³-hybridized carbons (Fsp3) is 0.538. The van der Waals surface area contributed by atoms with Crippen LogP contribution in [-0.2, 0) is 0 Å². The average Bonchev–Trinajstić information content (AvgIpc) is 2.37. The van der Waals surface area contributed by atoms with Crippen LogP contribution >= 0.6 is 0 Å². The summed E-state index contributed by atoms with van der Waals surface area (Å²) in [5.41, 5.74) is 0.491. The lowest BCUT2D eigenvalue weighted by Crippen LogP contribution is -2.31. The number of ether oxygens (including phenoxy) is 2. The summed E-state index contributed by atoms with van der Waals surface area (Å²) in [4.78, 5) is 0. The molecule has 0 aromatic heterocycles. The summed E-state index contributed by atoms with van der Waals surface area (Å²) in [7, 11) is 1.37.